The van der Waals surface area contributed by atoms with Crippen molar-refractivity contribution in [3.8, 4) is 0 Å². The van der Waals surface area contributed by atoms with E-state index in [1.807, 2.05) is 13.8 Å². The van der Waals surface area contributed by atoms with E-state index in [0.29, 0.717) is 0 Å². The van der Waals surface area contributed by atoms with Crippen LogP contribution in [0.4, 0.5) is 0 Å². The Hall–Kier alpha value is -0.610. The van der Waals surface area contributed by atoms with Crippen molar-refractivity contribution in [1.82, 2.24) is 10.2 Å². The van der Waals surface area contributed by atoms with E-state index in [1.54, 1.807) is 0 Å². The normalized spacial score (nSPS) is 22.8. The van der Waals surface area contributed by atoms with Gasteiger partial charge in [-0.15, -0.1) is 0 Å². The highest BCUT2D eigenvalue weighted by Crippen LogP contribution is 2.09. The molecule has 4 heteroatoms. The van der Waals surface area contributed by atoms with Gasteiger partial charge in [0, 0.05) is 24.5 Å². The third-order valence-electron chi connectivity index (χ3n) is 3.57. The predicted molar refractivity (Wildman–Crippen MR) is 70.7 cm³/mol. The first-order valence-electron chi connectivity index (χ1n) is 6.79. The molecule has 0 aromatic heterocycles. The fourth-order valence-corrected chi connectivity index (χ4v) is 2.19. The first-order valence-corrected chi connectivity index (χ1v) is 6.79. The van der Waals surface area contributed by atoms with E-state index in [2.05, 4.69) is 17.1 Å². The van der Waals surface area contributed by atoms with Gasteiger partial charge in [-0.05, 0) is 39.8 Å². The first-order chi connectivity index (χ1) is 8.00. The zero-order chi connectivity index (χ0) is 12.8. The molecular weight excluding hydrogens is 214 g/mol. The van der Waals surface area contributed by atoms with Crippen LogP contribution < -0.4 is 11.1 Å². The summed E-state index contributed by atoms with van der Waals surface area (Å²) in [6.45, 7) is 9.12. The van der Waals surface area contributed by atoms with E-state index in [1.165, 1.54) is 32.4 Å². The van der Waals surface area contributed by atoms with Gasteiger partial charge in [0.05, 0.1) is 0 Å². The lowest BCUT2D eigenvalue weighted by atomic mass is 10.0. The van der Waals surface area contributed by atoms with Gasteiger partial charge in [0.25, 0.3) is 0 Å². The van der Waals surface area contributed by atoms with Crippen LogP contribution >= 0.6 is 0 Å². The maximum Gasteiger partial charge on any atom is 0.224 e. The van der Waals surface area contributed by atoms with Gasteiger partial charge in [0.1, 0.15) is 0 Å². The molecule has 0 bridgehead atoms. The third kappa shape index (κ3) is 5.04. The van der Waals surface area contributed by atoms with Crippen LogP contribution in [-0.4, -0.2) is 42.5 Å². The number of piperidine rings is 1. The molecule has 1 fully saturated rings. The van der Waals surface area contributed by atoms with E-state index < -0.39 is 0 Å². The lowest BCUT2D eigenvalue weighted by Gasteiger charge is -2.30. The van der Waals surface area contributed by atoms with Crippen LogP contribution in [-0.2, 0) is 4.79 Å². The minimum Gasteiger partial charge on any atom is -0.352 e. The molecule has 1 heterocycles. The van der Waals surface area contributed by atoms with Crippen LogP contribution in [0.25, 0.3) is 0 Å². The quantitative estimate of drug-likeness (QED) is 0.754. The molecule has 0 saturated carbocycles. The summed E-state index contributed by atoms with van der Waals surface area (Å²) < 4.78 is 0. The highest BCUT2D eigenvalue weighted by molar-refractivity contribution is 5.79. The molecule has 0 aliphatic carbocycles. The average molecular weight is 241 g/mol. The van der Waals surface area contributed by atoms with E-state index in [0.717, 1.165) is 6.54 Å². The fraction of sp³-hybridized carbons (Fsp3) is 0.923. The Morgan fingerprint density at radius 1 is 1.24 bits per heavy atom. The number of amides is 1. The highest BCUT2D eigenvalue weighted by atomic mass is 16.1. The molecule has 1 saturated heterocycles. The standard InChI is InChI=1S/C13H27N3O/c1-10(9-16-7-5-4-6-8-16)15-13(17)11(2)12(3)14/h10-12H,4-9,14H2,1-3H3,(H,15,17). The van der Waals surface area contributed by atoms with Crippen molar-refractivity contribution in [3.63, 3.8) is 0 Å². The van der Waals surface area contributed by atoms with Crippen LogP contribution in [0.2, 0.25) is 0 Å². The van der Waals surface area contributed by atoms with E-state index in [9.17, 15) is 4.79 Å². The Labute approximate surface area is 105 Å². The largest absolute Gasteiger partial charge is 0.352 e. The van der Waals surface area contributed by atoms with Gasteiger partial charge in [0.15, 0.2) is 0 Å². The summed E-state index contributed by atoms with van der Waals surface area (Å²) in [5, 5.41) is 3.05. The zero-order valence-corrected chi connectivity index (χ0v) is 11.4. The molecule has 4 nitrogen and oxygen atoms in total. The summed E-state index contributed by atoms with van der Waals surface area (Å²) in [5.74, 6) is -0.0386. The van der Waals surface area contributed by atoms with Crippen molar-refractivity contribution in [2.75, 3.05) is 19.6 Å². The number of hydrogen-bond donors (Lipinski definition) is 2. The van der Waals surface area contributed by atoms with Crippen molar-refractivity contribution in [1.29, 1.82) is 0 Å². The number of nitrogens with two attached hydrogens (primary N) is 1. The Morgan fingerprint density at radius 3 is 2.35 bits per heavy atom. The molecule has 0 aromatic rings. The highest BCUT2D eigenvalue weighted by Gasteiger charge is 2.20. The Morgan fingerprint density at radius 2 is 1.82 bits per heavy atom. The van der Waals surface area contributed by atoms with Gasteiger partial charge in [-0.3, -0.25) is 4.79 Å². The predicted octanol–water partition coefficient (Wildman–Crippen LogP) is 0.960. The number of carbonyl (C=O) groups excluding carboxylic acids is 1. The number of nitrogens with one attached hydrogen (secondary N) is 1. The van der Waals surface area contributed by atoms with E-state index >= 15 is 0 Å². The van der Waals surface area contributed by atoms with Crippen molar-refractivity contribution in [2.24, 2.45) is 11.7 Å². The van der Waals surface area contributed by atoms with E-state index in [-0.39, 0.29) is 23.9 Å². The molecule has 3 N–H and O–H groups in total. The number of carbonyl (C=O) groups is 1. The molecule has 0 spiro atoms. The molecule has 100 valence electrons. The van der Waals surface area contributed by atoms with Gasteiger partial charge < -0.3 is 16.0 Å². The van der Waals surface area contributed by atoms with Gasteiger partial charge in [-0.1, -0.05) is 13.3 Å². The minimum absolute atomic E-state index is 0.0736. The second-order valence-electron chi connectivity index (χ2n) is 5.42. The maximum atomic E-state index is 11.8. The lowest BCUT2D eigenvalue weighted by Crippen LogP contribution is -2.47. The van der Waals surface area contributed by atoms with Crippen molar-refractivity contribution >= 4 is 5.91 Å². The van der Waals surface area contributed by atoms with Crippen molar-refractivity contribution in [3.05, 3.63) is 0 Å². The van der Waals surface area contributed by atoms with Crippen LogP contribution in [0.15, 0.2) is 0 Å². The molecule has 17 heavy (non-hydrogen) atoms. The van der Waals surface area contributed by atoms with Crippen molar-refractivity contribution in [2.45, 2.75) is 52.1 Å². The molecule has 1 aliphatic rings. The third-order valence-corrected chi connectivity index (χ3v) is 3.57. The van der Waals surface area contributed by atoms with Gasteiger partial charge >= 0.3 is 0 Å². The number of rotatable bonds is 5. The van der Waals surface area contributed by atoms with Crippen LogP contribution in [0.3, 0.4) is 0 Å². The summed E-state index contributed by atoms with van der Waals surface area (Å²) in [5.41, 5.74) is 5.73. The molecule has 0 radical (unpaired) electrons. The summed E-state index contributed by atoms with van der Waals surface area (Å²) in [7, 11) is 0. The molecule has 0 aromatic carbocycles. The topological polar surface area (TPSA) is 58.4 Å². The average Bonchev–Trinajstić information content (AvgIpc) is 2.28. The van der Waals surface area contributed by atoms with Crippen LogP contribution in [0.5, 0.6) is 0 Å². The summed E-state index contributed by atoms with van der Waals surface area (Å²) in [6, 6.07) is 0.124. The summed E-state index contributed by atoms with van der Waals surface area (Å²) in [6.07, 6.45) is 3.92. The van der Waals surface area contributed by atoms with Crippen LogP contribution in [0.1, 0.15) is 40.0 Å². The molecule has 1 amide bonds. The van der Waals surface area contributed by atoms with E-state index in [4.69, 9.17) is 5.73 Å². The SMILES string of the molecule is CC(CN1CCCCC1)NC(=O)C(C)C(C)N. The van der Waals surface area contributed by atoms with Gasteiger partial charge in [-0.2, -0.15) is 0 Å². The summed E-state index contributed by atoms with van der Waals surface area (Å²) in [4.78, 5) is 14.3. The molecular formula is C13H27N3O. The Kier molecular flexibility index (Phi) is 5.92. The number of hydrogen-bond acceptors (Lipinski definition) is 3. The minimum atomic E-state index is -0.112. The van der Waals surface area contributed by atoms with Gasteiger partial charge in [-0.25, -0.2) is 0 Å². The number of likely N-dealkylation sites (tertiary alicyclic amines) is 1. The fourth-order valence-electron chi connectivity index (χ4n) is 2.19. The maximum absolute atomic E-state index is 11.8. The molecule has 3 unspecified atom stereocenters. The second-order valence-corrected chi connectivity index (χ2v) is 5.42. The number of nitrogens with zero attached hydrogens (tertiary/aromatic N) is 1. The van der Waals surface area contributed by atoms with Crippen molar-refractivity contribution < 1.29 is 4.79 Å². The lowest BCUT2D eigenvalue weighted by molar-refractivity contribution is -0.125. The smallest absolute Gasteiger partial charge is 0.224 e. The Bertz CT molecular complexity index is 237. The van der Waals surface area contributed by atoms with Crippen LogP contribution in [0, 0.1) is 5.92 Å². The van der Waals surface area contributed by atoms with Gasteiger partial charge in [0.2, 0.25) is 5.91 Å². The monoisotopic (exact) mass is 241 g/mol. The Balaban J connectivity index is 2.28. The first kappa shape index (κ1) is 14.5. The molecule has 1 rings (SSSR count). The molecule has 1 aliphatic heterocycles. The molecule has 3 atom stereocenters. The second kappa shape index (κ2) is 6.97. The summed E-state index contributed by atoms with van der Waals surface area (Å²) >= 11 is 0. The zero-order valence-electron chi connectivity index (χ0n) is 11.4.